The fraction of sp³-hybridized carbons (Fsp3) is 0.375. The minimum absolute atomic E-state index is 0.0205. The van der Waals surface area contributed by atoms with Crippen molar-refractivity contribution in [3.8, 4) is 0 Å². The third kappa shape index (κ3) is 3.64. The van der Waals surface area contributed by atoms with Crippen molar-refractivity contribution in [2.24, 2.45) is 0 Å². The molecule has 5 nitrogen and oxygen atoms in total. The Morgan fingerprint density at radius 3 is 2.82 bits per heavy atom. The smallest absolute Gasteiger partial charge is 0.253 e. The molecule has 2 aromatic rings. The van der Waals surface area contributed by atoms with E-state index in [4.69, 9.17) is 17.3 Å². The molecular formula is C16H21N3O2S. The molecule has 1 aromatic heterocycles. The molecule has 0 amide bonds. The third-order valence-corrected chi connectivity index (χ3v) is 4.09. The number of aliphatic hydroxyl groups is 1. The van der Waals surface area contributed by atoms with Gasteiger partial charge in [-0.25, -0.2) is 0 Å². The van der Waals surface area contributed by atoms with Crippen LogP contribution < -0.4 is 10.9 Å². The van der Waals surface area contributed by atoms with Crippen molar-refractivity contribution in [3.63, 3.8) is 0 Å². The van der Waals surface area contributed by atoms with Crippen LogP contribution in [0.3, 0.4) is 0 Å². The van der Waals surface area contributed by atoms with E-state index in [9.17, 15) is 4.79 Å². The largest absolute Gasteiger partial charge is 0.395 e. The quantitative estimate of drug-likeness (QED) is 0.727. The summed E-state index contributed by atoms with van der Waals surface area (Å²) < 4.78 is 0. The van der Waals surface area contributed by atoms with Gasteiger partial charge in [0.05, 0.1) is 13.2 Å². The van der Waals surface area contributed by atoms with E-state index < -0.39 is 0 Å². The van der Waals surface area contributed by atoms with Gasteiger partial charge in [-0.1, -0.05) is 13.0 Å². The van der Waals surface area contributed by atoms with Crippen molar-refractivity contribution in [3.05, 3.63) is 45.7 Å². The normalized spacial score (nSPS) is 10.7. The summed E-state index contributed by atoms with van der Waals surface area (Å²) >= 11 is 5.21. The van der Waals surface area contributed by atoms with E-state index in [2.05, 4.69) is 23.3 Å². The average Bonchev–Trinajstić information content (AvgIpc) is 2.53. The van der Waals surface area contributed by atoms with Crippen molar-refractivity contribution in [2.75, 3.05) is 20.2 Å². The molecular weight excluding hydrogens is 298 g/mol. The van der Waals surface area contributed by atoms with Crippen molar-refractivity contribution >= 4 is 28.2 Å². The van der Waals surface area contributed by atoms with E-state index in [0.717, 1.165) is 17.3 Å². The highest BCUT2D eigenvalue weighted by Gasteiger charge is 2.12. The maximum absolute atomic E-state index is 12.2. The summed E-state index contributed by atoms with van der Waals surface area (Å²) in [5.41, 5.74) is 2.56. The predicted octanol–water partition coefficient (Wildman–Crippen LogP) is 1.39. The summed E-state index contributed by atoms with van der Waals surface area (Å²) in [6.45, 7) is 2.82. The van der Waals surface area contributed by atoms with Crippen LogP contribution >= 0.6 is 12.2 Å². The summed E-state index contributed by atoms with van der Waals surface area (Å²) in [7, 11) is 1.73. The monoisotopic (exact) mass is 319 g/mol. The first kappa shape index (κ1) is 16.5. The molecule has 118 valence electrons. The van der Waals surface area contributed by atoms with Crippen LogP contribution in [-0.4, -0.2) is 40.3 Å². The molecule has 0 aliphatic rings. The number of thiocarbonyl (C=S) groups is 1. The fourth-order valence-corrected chi connectivity index (χ4v) is 2.53. The molecule has 0 spiro atoms. The number of rotatable bonds is 5. The molecule has 6 heteroatoms. The lowest BCUT2D eigenvalue weighted by molar-refractivity contribution is 0.245. The number of nitrogens with zero attached hydrogens (tertiary/aromatic N) is 1. The van der Waals surface area contributed by atoms with E-state index in [1.54, 1.807) is 11.9 Å². The maximum Gasteiger partial charge on any atom is 0.253 e. The Bertz CT molecular complexity index is 727. The van der Waals surface area contributed by atoms with Crippen LogP contribution in [0.2, 0.25) is 0 Å². The second-order valence-electron chi connectivity index (χ2n) is 5.10. The van der Waals surface area contributed by atoms with Gasteiger partial charge >= 0.3 is 0 Å². The third-order valence-electron chi connectivity index (χ3n) is 3.63. The van der Waals surface area contributed by atoms with E-state index in [0.29, 0.717) is 23.8 Å². The molecule has 0 unspecified atom stereocenters. The summed E-state index contributed by atoms with van der Waals surface area (Å²) in [5.74, 6) is 0. The summed E-state index contributed by atoms with van der Waals surface area (Å²) in [4.78, 5) is 16.9. The number of pyridine rings is 1. The first-order chi connectivity index (χ1) is 10.6. The Balaban J connectivity index is 2.38. The van der Waals surface area contributed by atoms with Crippen LogP contribution in [-0.2, 0) is 13.0 Å². The van der Waals surface area contributed by atoms with Crippen LogP contribution in [0, 0.1) is 0 Å². The molecule has 0 radical (unpaired) electrons. The van der Waals surface area contributed by atoms with E-state index >= 15 is 0 Å². The average molecular weight is 319 g/mol. The van der Waals surface area contributed by atoms with Crippen LogP contribution in [0.1, 0.15) is 18.1 Å². The number of fused-ring (bicyclic) bond motifs is 1. The fourth-order valence-electron chi connectivity index (χ4n) is 2.38. The number of nitrogens with one attached hydrogen (secondary N) is 2. The second-order valence-corrected chi connectivity index (χ2v) is 5.49. The van der Waals surface area contributed by atoms with Gasteiger partial charge in [-0.15, -0.1) is 0 Å². The lowest BCUT2D eigenvalue weighted by Gasteiger charge is -2.23. The minimum Gasteiger partial charge on any atom is -0.395 e. The number of hydrogen-bond donors (Lipinski definition) is 3. The van der Waals surface area contributed by atoms with Gasteiger partial charge in [0, 0.05) is 24.7 Å². The van der Waals surface area contributed by atoms with Crippen LogP contribution in [0.15, 0.2) is 29.1 Å². The van der Waals surface area contributed by atoms with Gasteiger partial charge in [-0.3, -0.25) is 4.79 Å². The molecule has 0 aliphatic carbocycles. The molecule has 1 heterocycles. The molecule has 3 N–H and O–H groups in total. The first-order valence-corrected chi connectivity index (χ1v) is 7.72. The standard InChI is InChI=1S/C16H21N3O2S/c1-3-11-4-5-14-12(8-11)9-13(15(21)18-14)10-19(6-7-20)16(22)17-2/h4-5,8-9,20H,3,6-7,10H2,1-2H3,(H,17,22)(H,18,21). The van der Waals surface area contributed by atoms with Gasteiger partial charge in [0.2, 0.25) is 0 Å². The molecule has 0 fully saturated rings. The van der Waals surface area contributed by atoms with Crippen LogP contribution in [0.25, 0.3) is 10.9 Å². The highest BCUT2D eigenvalue weighted by molar-refractivity contribution is 7.80. The van der Waals surface area contributed by atoms with Crippen molar-refractivity contribution in [1.29, 1.82) is 0 Å². The summed E-state index contributed by atoms with van der Waals surface area (Å²) in [6.07, 6.45) is 0.949. The number of aromatic amines is 1. The number of benzene rings is 1. The topological polar surface area (TPSA) is 68.4 Å². The number of aromatic nitrogens is 1. The van der Waals surface area contributed by atoms with Gasteiger partial charge < -0.3 is 20.3 Å². The highest BCUT2D eigenvalue weighted by atomic mass is 32.1. The van der Waals surface area contributed by atoms with E-state index in [1.165, 1.54) is 5.56 Å². The molecule has 0 saturated carbocycles. The molecule has 0 aliphatic heterocycles. The van der Waals surface area contributed by atoms with E-state index in [-0.39, 0.29) is 12.2 Å². The molecule has 0 bridgehead atoms. The van der Waals surface area contributed by atoms with Gasteiger partial charge in [0.15, 0.2) is 5.11 Å². The number of aliphatic hydroxyl groups excluding tert-OH is 1. The maximum atomic E-state index is 12.2. The molecule has 0 atom stereocenters. The van der Waals surface area contributed by atoms with Gasteiger partial charge in [0.1, 0.15) is 0 Å². The molecule has 2 rings (SSSR count). The highest BCUT2D eigenvalue weighted by Crippen LogP contribution is 2.15. The molecule has 22 heavy (non-hydrogen) atoms. The zero-order chi connectivity index (χ0) is 16.1. The van der Waals surface area contributed by atoms with Crippen molar-refractivity contribution in [2.45, 2.75) is 19.9 Å². The molecule has 0 saturated heterocycles. The Hall–Kier alpha value is -1.92. The van der Waals surface area contributed by atoms with Crippen LogP contribution in [0.5, 0.6) is 0 Å². The summed E-state index contributed by atoms with van der Waals surface area (Å²) in [6, 6.07) is 7.94. The van der Waals surface area contributed by atoms with Gasteiger partial charge in [-0.2, -0.15) is 0 Å². The second kappa shape index (κ2) is 7.38. The minimum atomic E-state index is -0.126. The Morgan fingerprint density at radius 2 is 2.18 bits per heavy atom. The van der Waals surface area contributed by atoms with Gasteiger partial charge in [0.25, 0.3) is 5.56 Å². The summed E-state index contributed by atoms with van der Waals surface area (Å²) in [5, 5.41) is 13.6. The number of hydrogen-bond acceptors (Lipinski definition) is 3. The predicted molar refractivity (Wildman–Crippen MR) is 93.1 cm³/mol. The first-order valence-electron chi connectivity index (χ1n) is 7.31. The number of aryl methyl sites for hydroxylation is 1. The lowest BCUT2D eigenvalue weighted by atomic mass is 10.1. The Kier molecular flexibility index (Phi) is 5.51. The van der Waals surface area contributed by atoms with Crippen LogP contribution in [0.4, 0.5) is 0 Å². The van der Waals surface area contributed by atoms with E-state index in [1.807, 2.05) is 18.2 Å². The SMILES string of the molecule is CCc1ccc2[nH]c(=O)c(CN(CCO)C(=S)NC)cc2c1. The zero-order valence-corrected chi connectivity index (χ0v) is 13.7. The Morgan fingerprint density at radius 1 is 1.41 bits per heavy atom. The Labute approximate surface area is 135 Å². The number of H-pyrrole nitrogens is 1. The van der Waals surface area contributed by atoms with Crippen molar-refractivity contribution in [1.82, 2.24) is 15.2 Å². The molecule has 1 aromatic carbocycles. The lowest BCUT2D eigenvalue weighted by Crippen LogP contribution is -2.40. The van der Waals surface area contributed by atoms with Crippen molar-refractivity contribution < 1.29 is 5.11 Å². The zero-order valence-electron chi connectivity index (χ0n) is 12.8. The van der Waals surface area contributed by atoms with Gasteiger partial charge in [-0.05, 0) is 47.8 Å².